The SMILES string of the molecule is CCN(CC)S(=O)(=O)c1ccc(NS(=O)(=O)c2ccccc2Br)cc1. The molecule has 0 unspecified atom stereocenters. The van der Waals surface area contributed by atoms with Gasteiger partial charge in [-0.3, -0.25) is 4.72 Å². The molecular formula is C16H19BrN2O4S2. The van der Waals surface area contributed by atoms with Crippen LogP contribution in [0.3, 0.4) is 0 Å². The van der Waals surface area contributed by atoms with Crippen molar-refractivity contribution in [3.8, 4) is 0 Å². The van der Waals surface area contributed by atoms with Crippen LogP contribution in [0.5, 0.6) is 0 Å². The van der Waals surface area contributed by atoms with E-state index < -0.39 is 20.0 Å². The quantitative estimate of drug-likeness (QED) is 0.706. The van der Waals surface area contributed by atoms with E-state index in [1.807, 2.05) is 0 Å². The summed E-state index contributed by atoms with van der Waals surface area (Å²) in [6.45, 7) is 4.27. The molecule has 2 aromatic rings. The number of anilines is 1. The van der Waals surface area contributed by atoms with Gasteiger partial charge in [0.15, 0.2) is 0 Å². The average Bonchev–Trinajstić information content (AvgIpc) is 2.56. The second-order valence-corrected chi connectivity index (χ2v) is 9.59. The van der Waals surface area contributed by atoms with Crippen molar-refractivity contribution < 1.29 is 16.8 Å². The summed E-state index contributed by atoms with van der Waals surface area (Å²) in [7, 11) is -7.35. The number of hydrogen-bond donors (Lipinski definition) is 1. The maximum Gasteiger partial charge on any atom is 0.263 e. The molecule has 2 rings (SSSR count). The van der Waals surface area contributed by atoms with Gasteiger partial charge in [0.25, 0.3) is 10.0 Å². The van der Waals surface area contributed by atoms with Crippen molar-refractivity contribution in [3.63, 3.8) is 0 Å². The topological polar surface area (TPSA) is 83.6 Å². The Kier molecular flexibility index (Phi) is 6.26. The van der Waals surface area contributed by atoms with E-state index in [9.17, 15) is 16.8 Å². The Morgan fingerprint density at radius 2 is 1.48 bits per heavy atom. The van der Waals surface area contributed by atoms with Gasteiger partial charge in [-0.1, -0.05) is 26.0 Å². The predicted molar refractivity (Wildman–Crippen MR) is 101 cm³/mol. The lowest BCUT2D eigenvalue weighted by atomic mass is 10.3. The lowest BCUT2D eigenvalue weighted by Gasteiger charge is -2.18. The third-order valence-electron chi connectivity index (χ3n) is 3.58. The van der Waals surface area contributed by atoms with Crippen LogP contribution in [-0.2, 0) is 20.0 Å². The Morgan fingerprint density at radius 3 is 2.00 bits per heavy atom. The molecular weight excluding hydrogens is 428 g/mol. The second kappa shape index (κ2) is 7.86. The highest BCUT2D eigenvalue weighted by molar-refractivity contribution is 9.10. The first-order valence-electron chi connectivity index (χ1n) is 7.60. The zero-order chi connectivity index (χ0) is 18.7. The summed E-state index contributed by atoms with van der Waals surface area (Å²) in [4.78, 5) is 0.231. The molecule has 0 heterocycles. The summed E-state index contributed by atoms with van der Waals surface area (Å²) < 4.78 is 54.0. The van der Waals surface area contributed by atoms with Crippen LogP contribution >= 0.6 is 15.9 Å². The molecule has 0 radical (unpaired) electrons. The van der Waals surface area contributed by atoms with E-state index in [1.54, 1.807) is 32.0 Å². The van der Waals surface area contributed by atoms with E-state index >= 15 is 0 Å². The Hall–Kier alpha value is -1.42. The fourth-order valence-electron chi connectivity index (χ4n) is 2.28. The Bertz CT molecular complexity index is 938. The molecule has 0 spiro atoms. The number of benzene rings is 2. The molecule has 0 aliphatic rings. The van der Waals surface area contributed by atoms with Crippen LogP contribution in [0.1, 0.15) is 13.8 Å². The van der Waals surface area contributed by atoms with Gasteiger partial charge in [0, 0.05) is 23.2 Å². The fourth-order valence-corrected chi connectivity index (χ4v) is 5.80. The number of hydrogen-bond acceptors (Lipinski definition) is 4. The number of sulfonamides is 2. The predicted octanol–water partition coefficient (Wildman–Crippen LogP) is 3.28. The molecule has 6 nitrogen and oxygen atoms in total. The number of nitrogens with zero attached hydrogens (tertiary/aromatic N) is 1. The van der Waals surface area contributed by atoms with Gasteiger partial charge in [0.05, 0.1) is 4.90 Å². The zero-order valence-electron chi connectivity index (χ0n) is 13.8. The van der Waals surface area contributed by atoms with Gasteiger partial charge in [0.1, 0.15) is 4.90 Å². The minimum absolute atomic E-state index is 0.106. The first-order valence-corrected chi connectivity index (χ1v) is 11.3. The van der Waals surface area contributed by atoms with E-state index in [0.717, 1.165) is 0 Å². The number of rotatable bonds is 7. The van der Waals surface area contributed by atoms with Crippen LogP contribution in [0.25, 0.3) is 0 Å². The van der Waals surface area contributed by atoms with Gasteiger partial charge in [-0.25, -0.2) is 16.8 Å². The van der Waals surface area contributed by atoms with Gasteiger partial charge in [0.2, 0.25) is 10.0 Å². The third kappa shape index (κ3) is 4.41. The highest BCUT2D eigenvalue weighted by Gasteiger charge is 2.22. The van der Waals surface area contributed by atoms with E-state index in [1.165, 1.54) is 34.6 Å². The number of nitrogens with one attached hydrogen (secondary N) is 1. The fraction of sp³-hybridized carbons (Fsp3) is 0.250. The summed E-state index contributed by atoms with van der Waals surface area (Å²) >= 11 is 3.21. The highest BCUT2D eigenvalue weighted by Crippen LogP contribution is 2.25. The van der Waals surface area contributed by atoms with Crippen molar-refractivity contribution in [2.75, 3.05) is 17.8 Å². The zero-order valence-corrected chi connectivity index (χ0v) is 17.0. The van der Waals surface area contributed by atoms with Crippen LogP contribution in [0, 0.1) is 0 Å². The van der Waals surface area contributed by atoms with Crippen molar-refractivity contribution in [2.45, 2.75) is 23.6 Å². The normalized spacial score (nSPS) is 12.3. The maximum atomic E-state index is 12.4. The summed E-state index contributed by atoms with van der Waals surface area (Å²) in [6, 6.07) is 12.1. The molecule has 2 aromatic carbocycles. The Labute approximate surface area is 157 Å². The van der Waals surface area contributed by atoms with Crippen molar-refractivity contribution in [1.82, 2.24) is 4.31 Å². The van der Waals surface area contributed by atoms with Crippen molar-refractivity contribution >= 4 is 41.7 Å². The Balaban J connectivity index is 2.28. The molecule has 1 N–H and O–H groups in total. The van der Waals surface area contributed by atoms with Gasteiger partial charge in [-0.15, -0.1) is 0 Å². The maximum absolute atomic E-state index is 12.4. The first kappa shape index (κ1) is 19.9. The largest absolute Gasteiger partial charge is 0.280 e. The van der Waals surface area contributed by atoms with Gasteiger partial charge in [-0.05, 0) is 52.3 Å². The number of halogens is 1. The molecule has 0 aliphatic heterocycles. The van der Waals surface area contributed by atoms with Crippen molar-refractivity contribution in [1.29, 1.82) is 0 Å². The monoisotopic (exact) mass is 446 g/mol. The minimum Gasteiger partial charge on any atom is -0.280 e. The summed E-state index contributed by atoms with van der Waals surface area (Å²) in [5.74, 6) is 0. The van der Waals surface area contributed by atoms with Crippen molar-refractivity contribution in [3.05, 3.63) is 53.0 Å². The molecule has 0 atom stereocenters. The molecule has 0 saturated carbocycles. The van der Waals surface area contributed by atoms with E-state index in [4.69, 9.17) is 0 Å². The molecule has 0 amide bonds. The van der Waals surface area contributed by atoms with Crippen LogP contribution in [-0.4, -0.2) is 34.2 Å². The molecule has 9 heteroatoms. The standard InChI is InChI=1S/C16H19BrN2O4S2/c1-3-19(4-2)25(22,23)14-11-9-13(10-12-14)18-24(20,21)16-8-6-5-7-15(16)17/h5-12,18H,3-4H2,1-2H3. The lowest BCUT2D eigenvalue weighted by Crippen LogP contribution is -2.30. The summed E-state index contributed by atoms with van der Waals surface area (Å²) in [6.07, 6.45) is 0. The van der Waals surface area contributed by atoms with E-state index in [0.29, 0.717) is 17.6 Å². The smallest absolute Gasteiger partial charge is 0.263 e. The van der Waals surface area contributed by atoms with E-state index in [2.05, 4.69) is 20.7 Å². The summed E-state index contributed by atoms with van der Waals surface area (Å²) in [5, 5.41) is 0. The van der Waals surface area contributed by atoms with Crippen LogP contribution in [0.4, 0.5) is 5.69 Å². The average molecular weight is 447 g/mol. The molecule has 0 bridgehead atoms. The lowest BCUT2D eigenvalue weighted by molar-refractivity contribution is 0.445. The summed E-state index contributed by atoms with van der Waals surface area (Å²) in [5.41, 5.74) is 0.286. The van der Waals surface area contributed by atoms with Crippen LogP contribution < -0.4 is 4.72 Å². The minimum atomic E-state index is -3.77. The van der Waals surface area contributed by atoms with Gasteiger partial charge in [-0.2, -0.15) is 4.31 Å². The highest BCUT2D eigenvalue weighted by atomic mass is 79.9. The molecule has 0 saturated heterocycles. The van der Waals surface area contributed by atoms with E-state index in [-0.39, 0.29) is 15.5 Å². The van der Waals surface area contributed by atoms with Crippen LogP contribution in [0.15, 0.2) is 62.8 Å². The molecule has 136 valence electrons. The molecule has 0 fully saturated rings. The van der Waals surface area contributed by atoms with Gasteiger partial charge >= 0.3 is 0 Å². The van der Waals surface area contributed by atoms with Crippen LogP contribution in [0.2, 0.25) is 0 Å². The Morgan fingerprint density at radius 1 is 0.920 bits per heavy atom. The third-order valence-corrected chi connectivity index (χ3v) is 8.03. The first-order chi connectivity index (χ1) is 11.7. The van der Waals surface area contributed by atoms with Crippen molar-refractivity contribution in [2.24, 2.45) is 0 Å². The second-order valence-electron chi connectivity index (χ2n) is 5.15. The van der Waals surface area contributed by atoms with Gasteiger partial charge < -0.3 is 0 Å². The molecule has 0 aromatic heterocycles. The molecule has 0 aliphatic carbocycles. The molecule has 25 heavy (non-hydrogen) atoms.